The van der Waals surface area contributed by atoms with E-state index in [0.717, 1.165) is 23.2 Å². The molecule has 4 heteroatoms. The van der Waals surface area contributed by atoms with Crippen molar-refractivity contribution in [1.29, 1.82) is 0 Å². The quantitative estimate of drug-likeness (QED) is 0.885. The summed E-state index contributed by atoms with van der Waals surface area (Å²) in [6.07, 6.45) is 4.04. The molecule has 1 unspecified atom stereocenters. The number of likely N-dealkylation sites (tertiary alicyclic amines) is 1. The molecule has 1 saturated heterocycles. The van der Waals surface area contributed by atoms with Crippen LogP contribution in [0.4, 0.5) is 5.69 Å². The Morgan fingerprint density at radius 1 is 1.11 bits per heavy atom. The molecular weight excluding hydrogens is 228 g/mol. The lowest BCUT2D eigenvalue weighted by Gasteiger charge is -2.16. The Labute approximate surface area is 107 Å². The Balaban J connectivity index is 1.42. The monoisotopic (exact) mass is 246 g/mol. The normalized spacial score (nSPS) is 26.6. The van der Waals surface area contributed by atoms with E-state index >= 15 is 0 Å². The van der Waals surface area contributed by atoms with Crippen molar-refractivity contribution >= 4 is 5.69 Å². The van der Waals surface area contributed by atoms with Gasteiger partial charge in [-0.25, -0.2) is 0 Å². The van der Waals surface area contributed by atoms with E-state index in [0.29, 0.717) is 12.8 Å². The first kappa shape index (κ1) is 10.5. The zero-order valence-electron chi connectivity index (χ0n) is 10.4. The summed E-state index contributed by atoms with van der Waals surface area (Å²) in [5.41, 5.74) is 1.14. The zero-order chi connectivity index (χ0) is 11.9. The Hall–Kier alpha value is -1.42. The number of nitrogens with one attached hydrogen (secondary N) is 1. The summed E-state index contributed by atoms with van der Waals surface area (Å²) < 4.78 is 10.7. The largest absolute Gasteiger partial charge is 0.454 e. The van der Waals surface area contributed by atoms with Crippen LogP contribution < -0.4 is 14.8 Å². The predicted octanol–water partition coefficient (Wildman–Crippen LogP) is 2.06. The van der Waals surface area contributed by atoms with Crippen molar-refractivity contribution in [2.45, 2.75) is 31.3 Å². The molecule has 2 fully saturated rings. The van der Waals surface area contributed by atoms with Gasteiger partial charge >= 0.3 is 0 Å². The van der Waals surface area contributed by atoms with Gasteiger partial charge in [0.25, 0.3) is 0 Å². The molecule has 4 rings (SSSR count). The number of fused-ring (bicyclic) bond motifs is 1. The highest BCUT2D eigenvalue weighted by molar-refractivity contribution is 5.56. The van der Waals surface area contributed by atoms with Crippen LogP contribution in [0, 0.1) is 0 Å². The number of nitrogens with zero attached hydrogens (tertiary/aromatic N) is 1. The lowest BCUT2D eigenvalue weighted by Crippen LogP contribution is -2.27. The smallest absolute Gasteiger partial charge is 0.231 e. The first-order chi connectivity index (χ1) is 8.88. The fraction of sp³-hybridized carbons (Fsp3) is 0.571. The predicted molar refractivity (Wildman–Crippen MR) is 69.2 cm³/mol. The Morgan fingerprint density at radius 3 is 2.89 bits per heavy atom. The molecule has 1 aliphatic carbocycles. The van der Waals surface area contributed by atoms with E-state index in [1.54, 1.807) is 0 Å². The van der Waals surface area contributed by atoms with E-state index in [9.17, 15) is 0 Å². The highest BCUT2D eigenvalue weighted by atomic mass is 16.7. The summed E-state index contributed by atoms with van der Waals surface area (Å²) in [5.74, 6) is 1.71. The van der Waals surface area contributed by atoms with Crippen LogP contribution in [0.2, 0.25) is 0 Å². The molecule has 1 saturated carbocycles. The van der Waals surface area contributed by atoms with Crippen LogP contribution in [0.5, 0.6) is 11.5 Å². The maximum absolute atomic E-state index is 5.40. The fourth-order valence-electron chi connectivity index (χ4n) is 2.90. The fourth-order valence-corrected chi connectivity index (χ4v) is 2.90. The van der Waals surface area contributed by atoms with Crippen LogP contribution in [-0.4, -0.2) is 36.9 Å². The van der Waals surface area contributed by atoms with E-state index < -0.39 is 0 Å². The molecule has 0 bridgehead atoms. The molecule has 1 atom stereocenters. The number of anilines is 1. The van der Waals surface area contributed by atoms with Gasteiger partial charge in [-0.15, -0.1) is 0 Å². The molecule has 1 N–H and O–H groups in total. The van der Waals surface area contributed by atoms with E-state index in [4.69, 9.17) is 9.47 Å². The van der Waals surface area contributed by atoms with Gasteiger partial charge in [0.05, 0.1) is 0 Å². The van der Waals surface area contributed by atoms with Crippen LogP contribution >= 0.6 is 0 Å². The van der Waals surface area contributed by atoms with Gasteiger partial charge < -0.3 is 14.8 Å². The first-order valence-corrected chi connectivity index (χ1v) is 6.79. The van der Waals surface area contributed by atoms with Gasteiger partial charge in [-0.1, -0.05) is 0 Å². The number of hydrogen-bond donors (Lipinski definition) is 1. The van der Waals surface area contributed by atoms with Crippen molar-refractivity contribution in [3.05, 3.63) is 18.2 Å². The molecular formula is C14H18N2O2. The van der Waals surface area contributed by atoms with Crippen LogP contribution in [0.15, 0.2) is 18.2 Å². The molecule has 0 aromatic heterocycles. The van der Waals surface area contributed by atoms with Gasteiger partial charge in [-0.3, -0.25) is 4.90 Å². The van der Waals surface area contributed by atoms with Gasteiger partial charge in [0.1, 0.15) is 0 Å². The van der Waals surface area contributed by atoms with Crippen molar-refractivity contribution in [2.24, 2.45) is 0 Å². The molecule has 1 aromatic carbocycles. The van der Waals surface area contributed by atoms with Crippen molar-refractivity contribution in [1.82, 2.24) is 4.90 Å². The number of hydrogen-bond acceptors (Lipinski definition) is 4. The van der Waals surface area contributed by atoms with Crippen LogP contribution in [0.1, 0.15) is 19.3 Å². The molecule has 3 aliphatic rings. The third-order valence-electron chi connectivity index (χ3n) is 4.03. The van der Waals surface area contributed by atoms with E-state index in [1.807, 2.05) is 12.1 Å². The van der Waals surface area contributed by atoms with Gasteiger partial charge in [0, 0.05) is 36.9 Å². The molecule has 2 heterocycles. The van der Waals surface area contributed by atoms with E-state index in [-0.39, 0.29) is 0 Å². The van der Waals surface area contributed by atoms with Crippen molar-refractivity contribution < 1.29 is 9.47 Å². The average molecular weight is 246 g/mol. The lowest BCUT2D eigenvalue weighted by atomic mass is 10.2. The summed E-state index contributed by atoms with van der Waals surface area (Å²) in [6, 6.07) is 7.56. The molecule has 96 valence electrons. The molecule has 2 aliphatic heterocycles. The first-order valence-electron chi connectivity index (χ1n) is 6.79. The minimum atomic E-state index is 0.345. The maximum Gasteiger partial charge on any atom is 0.231 e. The van der Waals surface area contributed by atoms with Crippen LogP contribution in [-0.2, 0) is 0 Å². The topological polar surface area (TPSA) is 33.7 Å². The highest BCUT2D eigenvalue weighted by Crippen LogP contribution is 2.35. The summed E-state index contributed by atoms with van der Waals surface area (Å²) in [5, 5.41) is 3.61. The van der Waals surface area contributed by atoms with E-state index in [2.05, 4.69) is 16.3 Å². The van der Waals surface area contributed by atoms with Crippen molar-refractivity contribution in [2.75, 3.05) is 25.2 Å². The van der Waals surface area contributed by atoms with Gasteiger partial charge in [-0.2, -0.15) is 0 Å². The zero-order valence-corrected chi connectivity index (χ0v) is 10.4. The van der Waals surface area contributed by atoms with E-state index in [1.165, 1.54) is 32.4 Å². The molecule has 0 amide bonds. The Kier molecular flexibility index (Phi) is 2.36. The minimum absolute atomic E-state index is 0.345. The van der Waals surface area contributed by atoms with Gasteiger partial charge in [-0.05, 0) is 31.4 Å². The third kappa shape index (κ3) is 1.90. The summed E-state index contributed by atoms with van der Waals surface area (Å²) in [6.45, 7) is 2.77. The Morgan fingerprint density at radius 2 is 2.00 bits per heavy atom. The van der Waals surface area contributed by atoms with Crippen molar-refractivity contribution in [3.8, 4) is 11.5 Å². The number of ether oxygens (including phenoxy) is 2. The summed E-state index contributed by atoms with van der Waals surface area (Å²) >= 11 is 0. The standard InChI is InChI=1S/C14H18N2O2/c1-4-13-14(18-9-17-13)7-10(1)15-11-5-6-16(8-11)12-2-3-12/h1,4,7,11-12,15H,2-3,5-6,8-9H2. The summed E-state index contributed by atoms with van der Waals surface area (Å²) in [7, 11) is 0. The average Bonchev–Trinajstić information content (AvgIpc) is 2.95. The molecule has 1 aromatic rings. The molecule has 0 radical (unpaired) electrons. The second kappa shape index (κ2) is 4.05. The van der Waals surface area contributed by atoms with Crippen molar-refractivity contribution in [3.63, 3.8) is 0 Å². The molecule has 4 nitrogen and oxygen atoms in total. The second-order valence-electron chi connectivity index (χ2n) is 5.42. The second-order valence-corrected chi connectivity index (χ2v) is 5.42. The maximum atomic E-state index is 5.40. The van der Waals surface area contributed by atoms with Crippen LogP contribution in [0.3, 0.4) is 0 Å². The molecule has 0 spiro atoms. The number of benzene rings is 1. The summed E-state index contributed by atoms with van der Waals surface area (Å²) in [4.78, 5) is 2.62. The minimum Gasteiger partial charge on any atom is -0.454 e. The highest BCUT2D eigenvalue weighted by Gasteiger charge is 2.34. The third-order valence-corrected chi connectivity index (χ3v) is 4.03. The number of rotatable bonds is 3. The van der Waals surface area contributed by atoms with Gasteiger partial charge in [0.15, 0.2) is 11.5 Å². The van der Waals surface area contributed by atoms with Crippen LogP contribution in [0.25, 0.3) is 0 Å². The van der Waals surface area contributed by atoms with Gasteiger partial charge in [0.2, 0.25) is 6.79 Å². The molecule has 18 heavy (non-hydrogen) atoms. The SMILES string of the molecule is c1cc2c(cc1NC1CCN(C3CC3)C1)OCO2. The lowest BCUT2D eigenvalue weighted by molar-refractivity contribution is 0.174. The Bertz CT molecular complexity index is 459.